The first-order valence-corrected chi connectivity index (χ1v) is 22.6. The fourth-order valence-corrected chi connectivity index (χ4v) is 10.4. The van der Waals surface area contributed by atoms with Gasteiger partial charge in [0, 0.05) is 60.2 Å². The van der Waals surface area contributed by atoms with Crippen LogP contribution in [0.3, 0.4) is 0 Å². The van der Waals surface area contributed by atoms with Gasteiger partial charge >= 0.3 is 0 Å². The van der Waals surface area contributed by atoms with Crippen molar-refractivity contribution in [2.45, 2.75) is 19.3 Å². The van der Waals surface area contributed by atoms with Crippen molar-refractivity contribution in [1.82, 2.24) is 15.0 Å². The standard InChI is InChI=1S/C62H41N3O/c1-62(2)50-25-12-9-22-45(50)46-33-32-43(35-51(46)62)54-37-53(64-61(65-54)41-18-7-4-8-19-41)42-20-15-21-44(34-42)57-58-47-23-10-13-26-52(47)63-60(40-30-28-39(29-31-40)38-16-5-3-6-17-38)49(58)36-56-59(57)48-24-11-14-27-55(48)66-56/h3-37H,1-2H3. The fourth-order valence-electron chi connectivity index (χ4n) is 10.4. The molecule has 3 heterocycles. The third kappa shape index (κ3) is 6.03. The lowest BCUT2D eigenvalue weighted by Crippen LogP contribution is -2.14. The molecule has 0 saturated heterocycles. The van der Waals surface area contributed by atoms with Crippen LogP contribution >= 0.6 is 0 Å². The summed E-state index contributed by atoms with van der Waals surface area (Å²) >= 11 is 0. The molecule has 1 aliphatic carbocycles. The van der Waals surface area contributed by atoms with Crippen LogP contribution in [-0.4, -0.2) is 15.0 Å². The zero-order valence-corrected chi connectivity index (χ0v) is 36.5. The third-order valence-corrected chi connectivity index (χ3v) is 13.7. The number of aromatic nitrogens is 3. The van der Waals surface area contributed by atoms with Gasteiger partial charge in [-0.3, -0.25) is 0 Å². The smallest absolute Gasteiger partial charge is 0.160 e. The van der Waals surface area contributed by atoms with Crippen LogP contribution in [0.2, 0.25) is 0 Å². The molecule has 66 heavy (non-hydrogen) atoms. The number of benzene rings is 9. The van der Waals surface area contributed by atoms with E-state index in [1.54, 1.807) is 0 Å². The van der Waals surface area contributed by atoms with Gasteiger partial charge in [0.1, 0.15) is 11.2 Å². The average molecular weight is 844 g/mol. The Labute approximate surface area is 382 Å². The van der Waals surface area contributed by atoms with Crippen LogP contribution in [0.15, 0.2) is 217 Å². The summed E-state index contributed by atoms with van der Waals surface area (Å²) in [5.41, 5.74) is 18.9. The number of rotatable bonds is 6. The summed E-state index contributed by atoms with van der Waals surface area (Å²) in [5.74, 6) is 0.685. The number of pyridine rings is 1. The van der Waals surface area contributed by atoms with Crippen LogP contribution in [0.1, 0.15) is 25.0 Å². The van der Waals surface area contributed by atoms with E-state index in [0.29, 0.717) is 5.82 Å². The number of furan rings is 1. The van der Waals surface area contributed by atoms with Gasteiger partial charge in [0.25, 0.3) is 0 Å². The predicted octanol–water partition coefficient (Wildman–Crippen LogP) is 16.4. The van der Waals surface area contributed by atoms with Crippen molar-refractivity contribution >= 4 is 43.6 Å². The van der Waals surface area contributed by atoms with Gasteiger partial charge in [-0.25, -0.2) is 15.0 Å². The molecule has 0 aliphatic heterocycles. The Hall–Kier alpha value is -8.47. The second-order valence-electron chi connectivity index (χ2n) is 17.9. The highest BCUT2D eigenvalue weighted by Crippen LogP contribution is 2.50. The minimum Gasteiger partial charge on any atom is -0.456 e. The van der Waals surface area contributed by atoms with E-state index in [0.717, 1.165) is 99.6 Å². The molecule has 0 bridgehead atoms. The van der Waals surface area contributed by atoms with Crippen LogP contribution in [-0.2, 0) is 5.41 Å². The molecule has 310 valence electrons. The maximum Gasteiger partial charge on any atom is 0.160 e. The van der Waals surface area contributed by atoms with Crippen molar-refractivity contribution in [2.24, 2.45) is 0 Å². The molecule has 4 nitrogen and oxygen atoms in total. The van der Waals surface area contributed by atoms with Crippen molar-refractivity contribution in [3.05, 3.63) is 223 Å². The highest BCUT2D eigenvalue weighted by Gasteiger charge is 2.35. The van der Waals surface area contributed by atoms with Crippen molar-refractivity contribution < 1.29 is 4.42 Å². The normalized spacial score (nSPS) is 12.8. The zero-order chi connectivity index (χ0) is 43.9. The molecule has 0 saturated carbocycles. The Balaban J connectivity index is 1.04. The van der Waals surface area contributed by atoms with E-state index >= 15 is 0 Å². The van der Waals surface area contributed by atoms with Crippen LogP contribution in [0.4, 0.5) is 0 Å². The van der Waals surface area contributed by atoms with Crippen LogP contribution < -0.4 is 0 Å². The molecule has 0 atom stereocenters. The molecule has 3 aromatic heterocycles. The third-order valence-electron chi connectivity index (χ3n) is 13.7. The van der Waals surface area contributed by atoms with Gasteiger partial charge in [-0.05, 0) is 75.3 Å². The topological polar surface area (TPSA) is 51.8 Å². The molecule has 0 spiro atoms. The Morgan fingerprint density at radius 1 is 0.364 bits per heavy atom. The molecular weight excluding hydrogens is 803 g/mol. The number of hydrogen-bond acceptors (Lipinski definition) is 4. The summed E-state index contributed by atoms with van der Waals surface area (Å²) in [6, 6.07) is 75.3. The minimum absolute atomic E-state index is 0.138. The van der Waals surface area contributed by atoms with Crippen molar-refractivity contribution in [1.29, 1.82) is 0 Å². The van der Waals surface area contributed by atoms with E-state index < -0.39 is 0 Å². The lowest BCUT2D eigenvalue weighted by molar-refractivity contribution is 0.660. The molecule has 1 aliphatic rings. The van der Waals surface area contributed by atoms with Gasteiger partial charge in [0.05, 0.1) is 22.6 Å². The Morgan fingerprint density at radius 2 is 0.955 bits per heavy atom. The van der Waals surface area contributed by atoms with E-state index in [4.69, 9.17) is 19.4 Å². The molecule has 0 unspecified atom stereocenters. The van der Waals surface area contributed by atoms with E-state index in [1.165, 1.54) is 27.8 Å². The van der Waals surface area contributed by atoms with Gasteiger partial charge in [-0.15, -0.1) is 0 Å². The molecule has 0 fully saturated rings. The summed E-state index contributed by atoms with van der Waals surface area (Å²) in [6.45, 7) is 4.65. The first-order chi connectivity index (χ1) is 32.5. The molecule has 0 radical (unpaired) electrons. The van der Waals surface area contributed by atoms with Gasteiger partial charge in [-0.2, -0.15) is 0 Å². The first-order valence-electron chi connectivity index (χ1n) is 22.6. The van der Waals surface area contributed by atoms with Crippen LogP contribution in [0.25, 0.3) is 122 Å². The summed E-state index contributed by atoms with van der Waals surface area (Å²) in [7, 11) is 0. The van der Waals surface area contributed by atoms with E-state index in [9.17, 15) is 0 Å². The van der Waals surface area contributed by atoms with Crippen molar-refractivity contribution in [3.8, 4) is 78.5 Å². The Morgan fingerprint density at radius 3 is 1.76 bits per heavy atom. The second-order valence-corrected chi connectivity index (χ2v) is 17.9. The molecule has 13 rings (SSSR count). The molecular formula is C62H41N3O. The minimum atomic E-state index is -0.138. The first kappa shape index (κ1) is 38.0. The number of fused-ring (bicyclic) bond motifs is 9. The second kappa shape index (κ2) is 14.8. The van der Waals surface area contributed by atoms with Crippen molar-refractivity contribution in [2.75, 3.05) is 0 Å². The highest BCUT2D eigenvalue weighted by atomic mass is 16.3. The van der Waals surface area contributed by atoms with E-state index in [2.05, 4.69) is 202 Å². The lowest BCUT2D eigenvalue weighted by atomic mass is 9.82. The van der Waals surface area contributed by atoms with Crippen LogP contribution in [0, 0.1) is 0 Å². The maximum absolute atomic E-state index is 6.77. The van der Waals surface area contributed by atoms with Gasteiger partial charge < -0.3 is 4.42 Å². The number of nitrogens with zero attached hydrogens (tertiary/aromatic N) is 3. The number of hydrogen-bond donors (Lipinski definition) is 0. The number of para-hydroxylation sites is 2. The highest BCUT2D eigenvalue weighted by molar-refractivity contribution is 6.27. The van der Waals surface area contributed by atoms with Gasteiger partial charge in [-0.1, -0.05) is 190 Å². The average Bonchev–Trinajstić information content (AvgIpc) is 3.87. The summed E-state index contributed by atoms with van der Waals surface area (Å²) in [5, 5.41) is 5.40. The molecule has 0 amide bonds. The summed E-state index contributed by atoms with van der Waals surface area (Å²) in [4.78, 5) is 16.0. The van der Waals surface area contributed by atoms with Gasteiger partial charge in [0.2, 0.25) is 0 Å². The quantitative estimate of drug-likeness (QED) is 0.157. The summed E-state index contributed by atoms with van der Waals surface area (Å²) in [6.07, 6.45) is 0. The molecule has 0 N–H and O–H groups in total. The summed E-state index contributed by atoms with van der Waals surface area (Å²) < 4.78 is 6.77. The monoisotopic (exact) mass is 843 g/mol. The Bertz CT molecular complexity index is 3890. The van der Waals surface area contributed by atoms with Crippen LogP contribution in [0.5, 0.6) is 0 Å². The lowest BCUT2D eigenvalue weighted by Gasteiger charge is -2.22. The molecule has 9 aromatic carbocycles. The molecule has 12 aromatic rings. The largest absolute Gasteiger partial charge is 0.456 e. The SMILES string of the molecule is CC1(C)c2ccccc2-c2ccc(-c3cc(-c4cccc(-c5c6c(cc7c(-c8ccc(-c9ccccc9)cc8)nc8ccccc8c57)oc5ccccc56)c4)nc(-c4ccccc4)n3)cc21. The Kier molecular flexibility index (Phi) is 8.53. The van der Waals surface area contributed by atoms with Crippen molar-refractivity contribution in [3.63, 3.8) is 0 Å². The molecule has 4 heteroatoms. The van der Waals surface area contributed by atoms with E-state index in [1.807, 2.05) is 24.3 Å². The van der Waals surface area contributed by atoms with Gasteiger partial charge in [0.15, 0.2) is 5.82 Å². The fraction of sp³-hybridized carbons (Fsp3) is 0.0484. The zero-order valence-electron chi connectivity index (χ0n) is 36.5. The maximum atomic E-state index is 6.77. The van der Waals surface area contributed by atoms with E-state index in [-0.39, 0.29) is 5.41 Å². The predicted molar refractivity (Wildman–Crippen MR) is 272 cm³/mol.